The van der Waals surface area contributed by atoms with Crippen LogP contribution in [0, 0.1) is 5.92 Å². The van der Waals surface area contributed by atoms with Crippen LogP contribution in [0.4, 0.5) is 0 Å². The fourth-order valence-corrected chi connectivity index (χ4v) is 2.13. The van der Waals surface area contributed by atoms with E-state index in [4.69, 9.17) is 0 Å². The van der Waals surface area contributed by atoms with Crippen molar-refractivity contribution in [3.8, 4) is 0 Å². The van der Waals surface area contributed by atoms with Crippen LogP contribution in [0.3, 0.4) is 0 Å². The van der Waals surface area contributed by atoms with E-state index in [9.17, 15) is 0 Å². The van der Waals surface area contributed by atoms with Gasteiger partial charge in [-0.2, -0.15) is 0 Å². The zero-order valence-electron chi connectivity index (χ0n) is 12.0. The van der Waals surface area contributed by atoms with Gasteiger partial charge >= 0.3 is 0 Å². The maximum Gasteiger partial charge on any atom is 0.0346 e. The first kappa shape index (κ1) is 13.8. The van der Waals surface area contributed by atoms with E-state index in [-0.39, 0.29) is 0 Å². The SMILES string of the molecule is C/C(=C\c1cncc2ccccc12)CNCC(C)C. The molecule has 0 atom stereocenters. The molecule has 0 saturated carbocycles. The summed E-state index contributed by atoms with van der Waals surface area (Å²) in [6, 6.07) is 8.38. The monoisotopic (exact) mass is 254 g/mol. The van der Waals surface area contributed by atoms with Crippen LogP contribution in [-0.2, 0) is 0 Å². The third kappa shape index (κ3) is 3.90. The lowest BCUT2D eigenvalue weighted by Crippen LogP contribution is -2.21. The topological polar surface area (TPSA) is 24.9 Å². The van der Waals surface area contributed by atoms with Crippen LogP contribution < -0.4 is 5.32 Å². The Bertz CT molecular complexity index is 565. The fourth-order valence-electron chi connectivity index (χ4n) is 2.13. The van der Waals surface area contributed by atoms with E-state index in [1.54, 1.807) is 0 Å². The van der Waals surface area contributed by atoms with Crippen molar-refractivity contribution in [3.05, 3.63) is 47.8 Å². The minimum Gasteiger partial charge on any atom is -0.313 e. The second-order valence-electron chi connectivity index (χ2n) is 5.47. The van der Waals surface area contributed by atoms with Crippen LogP contribution in [0.25, 0.3) is 16.8 Å². The molecule has 0 fully saturated rings. The lowest BCUT2D eigenvalue weighted by Gasteiger charge is -2.08. The number of rotatable bonds is 5. The number of aromatic nitrogens is 1. The Kier molecular flexibility index (Phi) is 4.69. The number of pyridine rings is 1. The van der Waals surface area contributed by atoms with Crippen molar-refractivity contribution in [1.82, 2.24) is 10.3 Å². The molecule has 2 rings (SSSR count). The van der Waals surface area contributed by atoms with Crippen LogP contribution in [0.5, 0.6) is 0 Å². The Hall–Kier alpha value is -1.67. The number of benzene rings is 1. The zero-order valence-corrected chi connectivity index (χ0v) is 12.0. The average Bonchev–Trinajstić information content (AvgIpc) is 2.39. The first-order valence-electron chi connectivity index (χ1n) is 6.87. The van der Waals surface area contributed by atoms with E-state index >= 15 is 0 Å². The molecule has 1 heterocycles. The summed E-state index contributed by atoms with van der Waals surface area (Å²) in [5.41, 5.74) is 2.53. The molecule has 2 heteroatoms. The molecule has 1 aromatic carbocycles. The Balaban J connectivity index is 2.15. The van der Waals surface area contributed by atoms with Gasteiger partial charge in [0.1, 0.15) is 0 Å². The molecule has 0 spiro atoms. The Morgan fingerprint density at radius 1 is 1.26 bits per heavy atom. The standard InChI is InChI=1S/C17H22N2/c1-13(2)9-18-10-14(3)8-16-12-19-11-15-6-4-5-7-17(15)16/h4-8,11-13,18H,9-10H2,1-3H3/b14-8+. The van der Waals surface area contributed by atoms with E-state index in [1.807, 2.05) is 12.4 Å². The molecule has 1 aromatic heterocycles. The van der Waals surface area contributed by atoms with Crippen molar-refractivity contribution >= 4 is 16.8 Å². The number of nitrogens with one attached hydrogen (secondary N) is 1. The van der Waals surface area contributed by atoms with Crippen molar-refractivity contribution in [1.29, 1.82) is 0 Å². The lowest BCUT2D eigenvalue weighted by molar-refractivity contribution is 0.572. The predicted octanol–water partition coefficient (Wildman–Crippen LogP) is 3.88. The van der Waals surface area contributed by atoms with Gasteiger partial charge in [0.15, 0.2) is 0 Å². The normalized spacial score (nSPS) is 12.3. The van der Waals surface area contributed by atoms with Gasteiger partial charge in [-0.25, -0.2) is 0 Å². The van der Waals surface area contributed by atoms with Crippen LogP contribution in [0.15, 0.2) is 42.2 Å². The summed E-state index contributed by atoms with van der Waals surface area (Å²) in [7, 11) is 0. The molecule has 0 bridgehead atoms. The van der Waals surface area contributed by atoms with Crippen LogP contribution >= 0.6 is 0 Å². The molecule has 0 unspecified atom stereocenters. The van der Waals surface area contributed by atoms with E-state index < -0.39 is 0 Å². The summed E-state index contributed by atoms with van der Waals surface area (Å²) in [6.45, 7) is 8.59. The van der Waals surface area contributed by atoms with Gasteiger partial charge < -0.3 is 5.32 Å². The second kappa shape index (κ2) is 6.48. The molecule has 2 nitrogen and oxygen atoms in total. The third-order valence-corrected chi connectivity index (χ3v) is 3.06. The molecule has 0 aliphatic rings. The quantitative estimate of drug-likeness (QED) is 0.875. The summed E-state index contributed by atoms with van der Waals surface area (Å²) < 4.78 is 0. The smallest absolute Gasteiger partial charge is 0.0346 e. The summed E-state index contributed by atoms with van der Waals surface area (Å²) in [5, 5.41) is 5.92. The molecule has 1 N–H and O–H groups in total. The summed E-state index contributed by atoms with van der Waals surface area (Å²) in [5.74, 6) is 0.687. The number of hydrogen-bond acceptors (Lipinski definition) is 2. The molecular formula is C17H22N2. The van der Waals surface area contributed by atoms with Crippen molar-refractivity contribution < 1.29 is 0 Å². The van der Waals surface area contributed by atoms with E-state index in [0.717, 1.165) is 13.1 Å². The molecular weight excluding hydrogens is 232 g/mol. The summed E-state index contributed by atoms with van der Waals surface area (Å²) >= 11 is 0. The number of hydrogen-bond donors (Lipinski definition) is 1. The second-order valence-corrected chi connectivity index (χ2v) is 5.47. The van der Waals surface area contributed by atoms with Crippen molar-refractivity contribution in [2.75, 3.05) is 13.1 Å². The summed E-state index contributed by atoms with van der Waals surface area (Å²) in [6.07, 6.45) is 6.08. The first-order valence-corrected chi connectivity index (χ1v) is 6.87. The van der Waals surface area contributed by atoms with Crippen LogP contribution in [-0.4, -0.2) is 18.1 Å². The van der Waals surface area contributed by atoms with Gasteiger partial charge in [-0.05, 0) is 24.8 Å². The number of fused-ring (bicyclic) bond motifs is 1. The fraction of sp³-hybridized carbons (Fsp3) is 0.353. The van der Waals surface area contributed by atoms with Crippen molar-refractivity contribution in [2.45, 2.75) is 20.8 Å². The summed E-state index contributed by atoms with van der Waals surface area (Å²) in [4.78, 5) is 4.31. The van der Waals surface area contributed by atoms with E-state index in [1.165, 1.54) is 21.9 Å². The molecule has 100 valence electrons. The Labute approximate surface area is 115 Å². The van der Waals surface area contributed by atoms with E-state index in [2.05, 4.69) is 61.4 Å². The van der Waals surface area contributed by atoms with Gasteiger partial charge in [0, 0.05) is 29.9 Å². The number of nitrogens with zero attached hydrogens (tertiary/aromatic N) is 1. The van der Waals surface area contributed by atoms with Gasteiger partial charge in [0.2, 0.25) is 0 Å². The predicted molar refractivity (Wildman–Crippen MR) is 83.1 cm³/mol. The maximum atomic E-state index is 4.31. The highest BCUT2D eigenvalue weighted by atomic mass is 14.8. The van der Waals surface area contributed by atoms with Crippen molar-refractivity contribution in [3.63, 3.8) is 0 Å². The van der Waals surface area contributed by atoms with Gasteiger partial charge in [-0.1, -0.05) is 49.8 Å². The highest BCUT2D eigenvalue weighted by molar-refractivity contribution is 5.89. The average molecular weight is 254 g/mol. The molecule has 0 saturated heterocycles. The highest BCUT2D eigenvalue weighted by Crippen LogP contribution is 2.19. The Morgan fingerprint density at radius 3 is 2.84 bits per heavy atom. The zero-order chi connectivity index (χ0) is 13.7. The van der Waals surface area contributed by atoms with E-state index in [0.29, 0.717) is 5.92 Å². The molecule has 0 aliphatic heterocycles. The largest absolute Gasteiger partial charge is 0.313 e. The molecule has 0 aliphatic carbocycles. The molecule has 19 heavy (non-hydrogen) atoms. The van der Waals surface area contributed by atoms with Gasteiger partial charge in [0.05, 0.1) is 0 Å². The Morgan fingerprint density at radius 2 is 2.05 bits per heavy atom. The first-order chi connectivity index (χ1) is 9.16. The van der Waals surface area contributed by atoms with Crippen LogP contribution in [0.2, 0.25) is 0 Å². The minimum atomic E-state index is 0.687. The third-order valence-electron chi connectivity index (χ3n) is 3.06. The van der Waals surface area contributed by atoms with Gasteiger partial charge in [0.25, 0.3) is 0 Å². The van der Waals surface area contributed by atoms with Crippen LogP contribution in [0.1, 0.15) is 26.3 Å². The molecule has 0 amide bonds. The maximum absolute atomic E-state index is 4.31. The van der Waals surface area contributed by atoms with Gasteiger partial charge in [-0.3, -0.25) is 4.98 Å². The highest BCUT2D eigenvalue weighted by Gasteiger charge is 1.99. The molecule has 2 aromatic rings. The molecule has 0 radical (unpaired) electrons. The lowest BCUT2D eigenvalue weighted by atomic mass is 10.1. The van der Waals surface area contributed by atoms with Gasteiger partial charge in [-0.15, -0.1) is 0 Å². The van der Waals surface area contributed by atoms with Crippen molar-refractivity contribution in [2.24, 2.45) is 5.92 Å². The minimum absolute atomic E-state index is 0.687.